The number of nitrogens with one attached hydrogen (secondary N) is 1. The molecule has 0 fully saturated rings. The second-order valence-corrected chi connectivity index (χ2v) is 4.47. The Morgan fingerprint density at radius 2 is 2.12 bits per heavy atom. The number of nitriles is 1. The average molecular weight is 228 g/mol. The van der Waals surface area contributed by atoms with E-state index in [1.54, 1.807) is 20.8 Å². The Morgan fingerprint density at radius 3 is 2.62 bits per heavy atom. The molecule has 0 saturated carbocycles. The van der Waals surface area contributed by atoms with Crippen LogP contribution >= 0.6 is 0 Å². The first kappa shape index (κ1) is 14.7. The van der Waals surface area contributed by atoms with Crippen molar-refractivity contribution >= 4 is 6.09 Å². The normalized spacial score (nSPS) is 12.7. The van der Waals surface area contributed by atoms with E-state index < -0.39 is 11.7 Å². The van der Waals surface area contributed by atoms with E-state index in [9.17, 15) is 4.79 Å². The van der Waals surface area contributed by atoms with Crippen LogP contribution in [0.5, 0.6) is 0 Å². The Labute approximate surface area is 96.7 Å². The average Bonchev–Trinajstić information content (AvgIpc) is 2.12. The number of nitrogens with zero attached hydrogens (tertiary/aromatic N) is 1. The van der Waals surface area contributed by atoms with Crippen molar-refractivity contribution in [3.8, 4) is 6.07 Å². The van der Waals surface area contributed by atoms with E-state index in [0.717, 1.165) is 0 Å². The van der Waals surface area contributed by atoms with Gasteiger partial charge in [-0.05, 0) is 27.7 Å². The highest BCUT2D eigenvalue weighted by Crippen LogP contribution is 2.06. The van der Waals surface area contributed by atoms with Crippen LogP contribution in [0.25, 0.3) is 0 Å². The number of ether oxygens (including phenoxy) is 2. The summed E-state index contributed by atoms with van der Waals surface area (Å²) < 4.78 is 10.3. The molecule has 1 unspecified atom stereocenters. The van der Waals surface area contributed by atoms with Gasteiger partial charge in [-0.25, -0.2) is 4.79 Å². The molecule has 16 heavy (non-hydrogen) atoms. The lowest BCUT2D eigenvalue weighted by molar-refractivity contribution is 0.0408. The zero-order valence-electron chi connectivity index (χ0n) is 10.4. The maximum absolute atomic E-state index is 11.3. The van der Waals surface area contributed by atoms with Crippen LogP contribution < -0.4 is 5.32 Å². The maximum Gasteiger partial charge on any atom is 0.407 e. The third-order valence-electron chi connectivity index (χ3n) is 1.55. The van der Waals surface area contributed by atoms with Gasteiger partial charge in [-0.3, -0.25) is 0 Å². The Balaban J connectivity index is 3.64. The fraction of sp³-hybridized carbons (Fsp3) is 0.818. The lowest BCUT2D eigenvalue weighted by Gasteiger charge is -2.20. The van der Waals surface area contributed by atoms with Crippen molar-refractivity contribution in [3.05, 3.63) is 0 Å². The zero-order chi connectivity index (χ0) is 12.6. The predicted molar refractivity (Wildman–Crippen MR) is 59.9 cm³/mol. The molecule has 0 aromatic heterocycles. The van der Waals surface area contributed by atoms with Gasteiger partial charge in [0.2, 0.25) is 0 Å². The number of carbonyl (C=O) groups excluding carboxylic acids is 1. The van der Waals surface area contributed by atoms with Crippen LogP contribution in [-0.4, -0.2) is 30.9 Å². The summed E-state index contributed by atoms with van der Waals surface area (Å²) in [6, 6.07) is 1.98. The minimum atomic E-state index is -0.491. The largest absolute Gasteiger partial charge is 0.444 e. The lowest BCUT2D eigenvalue weighted by Crippen LogP contribution is -2.36. The molecule has 0 aliphatic heterocycles. The van der Waals surface area contributed by atoms with Gasteiger partial charge < -0.3 is 14.8 Å². The first-order chi connectivity index (χ1) is 7.35. The standard InChI is InChI=1S/C11H20N2O3/c1-9(15-7-5-6-12)8-13-10(14)16-11(2,3)4/h9H,5,7-8H2,1-4H3,(H,13,14). The molecule has 0 heterocycles. The molecule has 1 N–H and O–H groups in total. The Bertz CT molecular complexity index is 253. The van der Waals surface area contributed by atoms with Crippen molar-refractivity contribution in [1.82, 2.24) is 5.32 Å². The minimum Gasteiger partial charge on any atom is -0.444 e. The summed E-state index contributed by atoms with van der Waals surface area (Å²) in [5.74, 6) is 0. The molecule has 5 heteroatoms. The molecule has 0 spiro atoms. The number of amides is 1. The van der Waals surface area contributed by atoms with Crippen molar-refractivity contribution in [2.45, 2.75) is 45.8 Å². The predicted octanol–water partition coefficient (Wildman–Crippen LogP) is 1.83. The molecule has 0 radical (unpaired) electrons. The summed E-state index contributed by atoms with van der Waals surface area (Å²) in [4.78, 5) is 11.3. The van der Waals surface area contributed by atoms with Gasteiger partial charge in [0.25, 0.3) is 0 Å². The van der Waals surface area contributed by atoms with Gasteiger partial charge in [0.15, 0.2) is 0 Å². The molecule has 0 aromatic rings. The van der Waals surface area contributed by atoms with E-state index in [4.69, 9.17) is 14.7 Å². The van der Waals surface area contributed by atoms with E-state index in [1.807, 2.05) is 13.0 Å². The summed E-state index contributed by atoms with van der Waals surface area (Å²) >= 11 is 0. The molecule has 0 saturated heterocycles. The summed E-state index contributed by atoms with van der Waals surface area (Å²) in [7, 11) is 0. The molecule has 0 bridgehead atoms. The number of hydrogen-bond acceptors (Lipinski definition) is 4. The zero-order valence-corrected chi connectivity index (χ0v) is 10.4. The molecule has 0 aliphatic rings. The van der Waals surface area contributed by atoms with Crippen LogP contribution in [0.4, 0.5) is 4.79 Å². The summed E-state index contributed by atoms with van der Waals surface area (Å²) in [5.41, 5.74) is -0.491. The van der Waals surface area contributed by atoms with E-state index in [2.05, 4.69) is 5.32 Å². The Kier molecular flexibility index (Phi) is 6.50. The van der Waals surface area contributed by atoms with Crippen molar-refractivity contribution in [1.29, 1.82) is 5.26 Å². The minimum absolute atomic E-state index is 0.124. The molecule has 5 nitrogen and oxygen atoms in total. The second-order valence-electron chi connectivity index (χ2n) is 4.47. The maximum atomic E-state index is 11.3. The van der Waals surface area contributed by atoms with Crippen molar-refractivity contribution in [2.75, 3.05) is 13.2 Å². The van der Waals surface area contributed by atoms with Gasteiger partial charge >= 0.3 is 6.09 Å². The molecule has 0 aromatic carbocycles. The van der Waals surface area contributed by atoms with Crippen LogP contribution in [0.3, 0.4) is 0 Å². The van der Waals surface area contributed by atoms with E-state index in [-0.39, 0.29) is 6.10 Å². The fourth-order valence-electron chi connectivity index (χ4n) is 0.906. The molecule has 92 valence electrons. The monoisotopic (exact) mass is 228 g/mol. The fourth-order valence-corrected chi connectivity index (χ4v) is 0.906. The molecular weight excluding hydrogens is 208 g/mol. The molecule has 0 rings (SSSR count). The van der Waals surface area contributed by atoms with Crippen molar-refractivity contribution < 1.29 is 14.3 Å². The number of rotatable bonds is 5. The summed E-state index contributed by atoms with van der Waals surface area (Å²) in [6.45, 7) is 8.00. The van der Waals surface area contributed by atoms with Crippen LogP contribution in [0.15, 0.2) is 0 Å². The number of carbonyl (C=O) groups is 1. The van der Waals surface area contributed by atoms with Crippen molar-refractivity contribution in [3.63, 3.8) is 0 Å². The highest BCUT2D eigenvalue weighted by atomic mass is 16.6. The topological polar surface area (TPSA) is 71.3 Å². The lowest BCUT2D eigenvalue weighted by atomic mass is 10.2. The number of hydrogen-bond donors (Lipinski definition) is 1. The highest BCUT2D eigenvalue weighted by Gasteiger charge is 2.16. The number of alkyl carbamates (subject to hydrolysis) is 1. The van der Waals surface area contributed by atoms with Gasteiger partial charge in [0.1, 0.15) is 5.60 Å². The van der Waals surface area contributed by atoms with Gasteiger partial charge in [0, 0.05) is 6.54 Å². The quantitative estimate of drug-likeness (QED) is 0.729. The van der Waals surface area contributed by atoms with Gasteiger partial charge in [-0.15, -0.1) is 0 Å². The van der Waals surface area contributed by atoms with Gasteiger partial charge in [-0.2, -0.15) is 5.26 Å². The van der Waals surface area contributed by atoms with E-state index in [0.29, 0.717) is 19.6 Å². The third kappa shape index (κ3) is 9.28. The van der Waals surface area contributed by atoms with Crippen LogP contribution in [-0.2, 0) is 9.47 Å². The SMILES string of the molecule is CC(CNC(=O)OC(C)(C)C)OCCC#N. The van der Waals surface area contributed by atoms with E-state index in [1.165, 1.54) is 0 Å². The van der Waals surface area contributed by atoms with Crippen molar-refractivity contribution in [2.24, 2.45) is 0 Å². The van der Waals surface area contributed by atoms with E-state index >= 15 is 0 Å². The second kappa shape index (κ2) is 7.07. The molecule has 1 amide bonds. The molecular formula is C11H20N2O3. The highest BCUT2D eigenvalue weighted by molar-refractivity contribution is 5.67. The summed E-state index contributed by atoms with van der Waals surface area (Å²) in [5, 5.41) is 10.9. The van der Waals surface area contributed by atoms with Crippen LogP contribution in [0, 0.1) is 11.3 Å². The first-order valence-corrected chi connectivity index (χ1v) is 5.30. The van der Waals surface area contributed by atoms with Crippen LogP contribution in [0.1, 0.15) is 34.1 Å². The third-order valence-corrected chi connectivity index (χ3v) is 1.55. The smallest absolute Gasteiger partial charge is 0.407 e. The summed E-state index contributed by atoms with van der Waals surface area (Å²) in [6.07, 6.45) is -0.222. The van der Waals surface area contributed by atoms with Gasteiger partial charge in [0.05, 0.1) is 25.2 Å². The Hall–Kier alpha value is -1.28. The Morgan fingerprint density at radius 1 is 1.50 bits per heavy atom. The first-order valence-electron chi connectivity index (χ1n) is 5.30. The molecule has 1 atom stereocenters. The van der Waals surface area contributed by atoms with Crippen LogP contribution in [0.2, 0.25) is 0 Å². The molecule has 0 aliphatic carbocycles. The van der Waals surface area contributed by atoms with Gasteiger partial charge in [-0.1, -0.05) is 0 Å².